The Kier molecular flexibility index (Phi) is 36.6. The quantitative estimate of drug-likeness (QED) is 0.0870. The number of aliphatic carboxylic acids is 2. The molecule has 0 bridgehead atoms. The van der Waals surface area contributed by atoms with Crippen molar-refractivity contribution in [3.8, 4) is 0 Å². The molecule has 33 heavy (non-hydrogen) atoms. The second-order valence-electron chi connectivity index (χ2n) is 8.63. The van der Waals surface area contributed by atoms with E-state index in [0.29, 0.717) is 12.8 Å². The Morgan fingerprint density at radius 2 is 0.758 bits per heavy atom. The van der Waals surface area contributed by atoms with Crippen LogP contribution in [0.15, 0.2) is 24.3 Å². The van der Waals surface area contributed by atoms with Crippen LogP contribution in [0.4, 0.5) is 0 Å². The molecule has 195 valence electrons. The molecule has 0 aromatic heterocycles. The first-order valence-electron chi connectivity index (χ1n) is 13.3. The maximum Gasteiger partial charge on any atom is 0.303 e. The van der Waals surface area contributed by atoms with Crippen molar-refractivity contribution in [2.45, 2.75) is 142 Å². The monoisotopic (exact) mass is 507 g/mol. The number of carboxylic acid groups (broad SMARTS) is 2. The summed E-state index contributed by atoms with van der Waals surface area (Å²) < 4.78 is 0. The molecule has 0 aliphatic rings. The first-order valence-corrected chi connectivity index (χ1v) is 13.3. The number of hydrogen-bond acceptors (Lipinski definition) is 2. The van der Waals surface area contributed by atoms with Gasteiger partial charge in [0.05, 0.1) is 0 Å². The minimum Gasteiger partial charge on any atom is -0.481 e. The van der Waals surface area contributed by atoms with E-state index >= 15 is 0 Å². The molecule has 2 N–H and O–H groups in total. The smallest absolute Gasteiger partial charge is 0.303 e. The van der Waals surface area contributed by atoms with E-state index in [1.807, 2.05) is 0 Å². The number of allylic oxidation sites excluding steroid dienone is 4. The molecule has 0 aliphatic carbocycles. The average Bonchev–Trinajstić information content (AvgIpc) is 2.76. The molecule has 0 saturated heterocycles. The molecule has 0 heterocycles. The molecule has 4 nitrogen and oxygen atoms in total. The molecular formula is C28H52MnO4. The standard InChI is InChI=1S/2C14H26O2.Mn/c2*1-2-3-4-5-6-7-8-9-10-11-12-13-14(15)16;/h2*5-6H,2-4,7-13H2,1H3,(H,15,16);/b2*6-5-;. The summed E-state index contributed by atoms with van der Waals surface area (Å²) in [4.78, 5) is 20.5. The number of rotatable bonds is 22. The zero-order valence-electron chi connectivity index (χ0n) is 21.5. The fourth-order valence-corrected chi connectivity index (χ4v) is 3.25. The topological polar surface area (TPSA) is 74.6 Å². The van der Waals surface area contributed by atoms with Gasteiger partial charge in [0.1, 0.15) is 0 Å². The van der Waals surface area contributed by atoms with E-state index in [1.54, 1.807) is 0 Å². The van der Waals surface area contributed by atoms with Crippen molar-refractivity contribution in [3.05, 3.63) is 24.3 Å². The zero-order valence-corrected chi connectivity index (χ0v) is 22.7. The van der Waals surface area contributed by atoms with Crippen molar-refractivity contribution in [3.63, 3.8) is 0 Å². The van der Waals surface area contributed by atoms with E-state index in [1.165, 1.54) is 89.9 Å². The van der Waals surface area contributed by atoms with Crippen molar-refractivity contribution in [1.82, 2.24) is 0 Å². The van der Waals surface area contributed by atoms with Gasteiger partial charge in [0, 0.05) is 29.9 Å². The van der Waals surface area contributed by atoms with Crippen LogP contribution in [0.1, 0.15) is 142 Å². The molecule has 0 aromatic rings. The van der Waals surface area contributed by atoms with Gasteiger partial charge in [-0.1, -0.05) is 102 Å². The largest absolute Gasteiger partial charge is 0.481 e. The van der Waals surface area contributed by atoms with Gasteiger partial charge in [-0.05, 0) is 51.4 Å². The summed E-state index contributed by atoms with van der Waals surface area (Å²) in [6.45, 7) is 4.43. The Labute approximate surface area is 215 Å². The van der Waals surface area contributed by atoms with Crippen LogP contribution in [0, 0.1) is 0 Å². The Balaban J connectivity index is -0.000000529. The molecule has 0 aromatic carbocycles. The summed E-state index contributed by atoms with van der Waals surface area (Å²) in [6, 6.07) is 0. The second-order valence-corrected chi connectivity index (χ2v) is 8.63. The van der Waals surface area contributed by atoms with Crippen LogP contribution in [0.5, 0.6) is 0 Å². The van der Waals surface area contributed by atoms with Crippen LogP contribution >= 0.6 is 0 Å². The molecule has 0 rings (SSSR count). The molecule has 0 fully saturated rings. The van der Waals surface area contributed by atoms with Crippen molar-refractivity contribution in [2.75, 3.05) is 0 Å². The predicted octanol–water partition coefficient (Wildman–Crippen LogP) is 9.09. The SMILES string of the molecule is CCCC/C=C\CCCCCCCC(=O)O.CCCC/C=C\CCCCCCCC(=O)O.[Mn]. The third kappa shape index (κ3) is 41.7. The number of carboxylic acids is 2. The molecule has 0 atom stereocenters. The van der Waals surface area contributed by atoms with E-state index in [4.69, 9.17) is 10.2 Å². The van der Waals surface area contributed by atoms with Crippen LogP contribution in [0.3, 0.4) is 0 Å². The van der Waals surface area contributed by atoms with Gasteiger partial charge >= 0.3 is 11.9 Å². The molecule has 1 radical (unpaired) electrons. The summed E-state index contributed by atoms with van der Waals surface area (Å²) in [5, 5.41) is 16.9. The van der Waals surface area contributed by atoms with Gasteiger partial charge in [-0.15, -0.1) is 0 Å². The third-order valence-electron chi connectivity index (χ3n) is 5.30. The van der Waals surface area contributed by atoms with Crippen molar-refractivity contribution >= 4 is 11.9 Å². The zero-order chi connectivity index (χ0) is 24.1. The van der Waals surface area contributed by atoms with Crippen molar-refractivity contribution in [1.29, 1.82) is 0 Å². The third-order valence-corrected chi connectivity index (χ3v) is 5.30. The molecule has 0 saturated carbocycles. The van der Waals surface area contributed by atoms with Gasteiger partial charge in [0.25, 0.3) is 0 Å². The maximum absolute atomic E-state index is 10.3. The van der Waals surface area contributed by atoms with Gasteiger partial charge in [-0.25, -0.2) is 0 Å². The van der Waals surface area contributed by atoms with Crippen LogP contribution < -0.4 is 0 Å². The number of hydrogen-bond donors (Lipinski definition) is 2. The minimum absolute atomic E-state index is 0. The normalized spacial score (nSPS) is 10.7. The van der Waals surface area contributed by atoms with Crippen LogP contribution in [-0.4, -0.2) is 22.2 Å². The first-order chi connectivity index (χ1) is 15.5. The minimum atomic E-state index is -0.668. The van der Waals surface area contributed by atoms with Gasteiger partial charge in [-0.2, -0.15) is 0 Å². The Morgan fingerprint density at radius 3 is 1.06 bits per heavy atom. The van der Waals surface area contributed by atoms with E-state index in [9.17, 15) is 9.59 Å². The van der Waals surface area contributed by atoms with Crippen LogP contribution in [0.2, 0.25) is 0 Å². The van der Waals surface area contributed by atoms with Crippen molar-refractivity contribution in [2.24, 2.45) is 0 Å². The number of carbonyl (C=O) groups is 2. The van der Waals surface area contributed by atoms with E-state index in [2.05, 4.69) is 38.2 Å². The predicted molar refractivity (Wildman–Crippen MR) is 137 cm³/mol. The second kappa shape index (κ2) is 33.1. The number of unbranched alkanes of at least 4 members (excludes halogenated alkanes) is 14. The molecule has 0 amide bonds. The fraction of sp³-hybridized carbons (Fsp3) is 0.786. The van der Waals surface area contributed by atoms with Gasteiger partial charge in [-0.3, -0.25) is 9.59 Å². The summed E-state index contributed by atoms with van der Waals surface area (Å²) in [7, 11) is 0. The Bertz CT molecular complexity index is 419. The first kappa shape index (κ1) is 36.5. The maximum atomic E-state index is 10.3. The van der Waals surface area contributed by atoms with E-state index in [-0.39, 0.29) is 17.1 Å². The summed E-state index contributed by atoms with van der Waals surface area (Å²) in [5.74, 6) is -1.34. The molecule has 0 unspecified atom stereocenters. The van der Waals surface area contributed by atoms with E-state index < -0.39 is 11.9 Å². The molecule has 5 heteroatoms. The van der Waals surface area contributed by atoms with Gasteiger partial charge < -0.3 is 10.2 Å². The Morgan fingerprint density at radius 1 is 0.485 bits per heavy atom. The van der Waals surface area contributed by atoms with Gasteiger partial charge in [0.15, 0.2) is 0 Å². The van der Waals surface area contributed by atoms with Crippen molar-refractivity contribution < 1.29 is 36.9 Å². The Hall–Kier alpha value is -1.06. The fourth-order valence-electron chi connectivity index (χ4n) is 3.25. The van der Waals surface area contributed by atoms with Crippen LogP contribution in [0.25, 0.3) is 0 Å². The summed E-state index contributed by atoms with van der Waals surface area (Å²) in [6.07, 6.45) is 30.8. The molecule has 0 aliphatic heterocycles. The van der Waals surface area contributed by atoms with E-state index in [0.717, 1.165) is 25.7 Å². The molecule has 0 spiro atoms. The van der Waals surface area contributed by atoms with Gasteiger partial charge in [0.2, 0.25) is 0 Å². The summed E-state index contributed by atoms with van der Waals surface area (Å²) in [5.41, 5.74) is 0. The summed E-state index contributed by atoms with van der Waals surface area (Å²) >= 11 is 0. The average molecular weight is 508 g/mol. The molecular weight excluding hydrogens is 455 g/mol. The van der Waals surface area contributed by atoms with Crippen LogP contribution in [-0.2, 0) is 26.7 Å².